The average Bonchev–Trinajstić information content (AvgIpc) is 3.46. The van der Waals surface area contributed by atoms with E-state index in [4.69, 9.17) is 4.98 Å². The molecule has 9 heteroatoms. The van der Waals surface area contributed by atoms with Gasteiger partial charge in [0.2, 0.25) is 5.95 Å². The van der Waals surface area contributed by atoms with Crippen molar-refractivity contribution in [3.63, 3.8) is 0 Å². The minimum absolute atomic E-state index is 0.0746. The number of aryl methyl sites for hydroxylation is 1. The number of piperazine rings is 1. The van der Waals surface area contributed by atoms with E-state index in [1.165, 1.54) is 5.69 Å². The molecular formula is C28H32N8O. The number of aromatic nitrogens is 4. The number of hydrogen-bond donors (Lipinski definition) is 3. The first-order chi connectivity index (χ1) is 18.2. The minimum atomic E-state index is -0.0746. The summed E-state index contributed by atoms with van der Waals surface area (Å²) in [6.45, 7) is 6.03. The van der Waals surface area contributed by atoms with Gasteiger partial charge in [-0.3, -0.25) is 9.36 Å². The molecule has 6 rings (SSSR count). The molecule has 3 heterocycles. The number of hydrogen-bond acceptors (Lipinski definition) is 8. The Kier molecular flexibility index (Phi) is 6.44. The number of pyridine rings is 1. The van der Waals surface area contributed by atoms with E-state index in [-0.39, 0.29) is 11.6 Å². The molecule has 2 fully saturated rings. The molecule has 0 atom stereocenters. The molecule has 0 radical (unpaired) electrons. The van der Waals surface area contributed by atoms with Crippen LogP contribution in [0.25, 0.3) is 11.2 Å². The molecule has 1 saturated heterocycles. The SMILES string of the molecule is Cc1ccccc1Nc1cc2nnc(Nc3ccc(N4CCNCC4)cc3)nc2n(C2CCCC2)c1=O. The van der Waals surface area contributed by atoms with Gasteiger partial charge in [-0.25, -0.2) is 0 Å². The molecule has 37 heavy (non-hydrogen) atoms. The first kappa shape index (κ1) is 23.4. The van der Waals surface area contributed by atoms with E-state index in [9.17, 15) is 4.79 Å². The van der Waals surface area contributed by atoms with E-state index >= 15 is 0 Å². The number of nitrogens with one attached hydrogen (secondary N) is 3. The van der Waals surface area contributed by atoms with Crippen LogP contribution in [0.2, 0.25) is 0 Å². The van der Waals surface area contributed by atoms with Crippen molar-refractivity contribution >= 4 is 39.9 Å². The highest BCUT2D eigenvalue weighted by atomic mass is 16.1. The lowest BCUT2D eigenvalue weighted by molar-refractivity contribution is 0.516. The average molecular weight is 497 g/mol. The number of rotatable bonds is 6. The number of nitrogens with zero attached hydrogens (tertiary/aromatic N) is 5. The van der Waals surface area contributed by atoms with Crippen molar-refractivity contribution in [2.75, 3.05) is 41.7 Å². The van der Waals surface area contributed by atoms with Gasteiger partial charge < -0.3 is 20.9 Å². The van der Waals surface area contributed by atoms with Gasteiger partial charge in [0.15, 0.2) is 5.65 Å². The predicted molar refractivity (Wildman–Crippen MR) is 148 cm³/mol. The maximum Gasteiger partial charge on any atom is 0.276 e. The molecule has 190 valence electrons. The van der Waals surface area contributed by atoms with E-state index in [1.807, 2.05) is 47.9 Å². The van der Waals surface area contributed by atoms with Crippen LogP contribution in [-0.2, 0) is 0 Å². The standard InChI is InChI=1S/C28H32N8O/c1-19-6-2-5-9-23(19)31-25-18-24-26(36(27(25)37)22-7-3-4-8-22)32-28(34-33-24)30-20-10-12-21(13-11-20)35-16-14-29-15-17-35/h2,5-6,9-13,18,22,29,31H,3-4,7-8,14-17H2,1H3,(H,30,32,34). The Morgan fingerprint density at radius 3 is 2.43 bits per heavy atom. The van der Waals surface area contributed by atoms with Gasteiger partial charge in [-0.15, -0.1) is 10.2 Å². The summed E-state index contributed by atoms with van der Waals surface area (Å²) in [4.78, 5) is 20.9. The van der Waals surface area contributed by atoms with Gasteiger partial charge in [0.25, 0.3) is 5.56 Å². The summed E-state index contributed by atoms with van der Waals surface area (Å²) in [7, 11) is 0. The van der Waals surface area contributed by atoms with Gasteiger partial charge in [-0.05, 0) is 61.7 Å². The summed E-state index contributed by atoms with van der Waals surface area (Å²) in [6, 6.07) is 18.1. The van der Waals surface area contributed by atoms with Crippen molar-refractivity contribution in [3.8, 4) is 0 Å². The molecule has 2 aromatic carbocycles. The predicted octanol–water partition coefficient (Wildman–Crippen LogP) is 4.51. The monoisotopic (exact) mass is 496 g/mol. The zero-order valence-electron chi connectivity index (χ0n) is 21.1. The van der Waals surface area contributed by atoms with E-state index in [0.717, 1.165) is 68.8 Å². The first-order valence-corrected chi connectivity index (χ1v) is 13.1. The molecule has 1 saturated carbocycles. The minimum Gasteiger partial charge on any atom is -0.369 e. The van der Waals surface area contributed by atoms with Crippen LogP contribution in [-0.4, -0.2) is 45.9 Å². The molecule has 0 unspecified atom stereocenters. The van der Waals surface area contributed by atoms with Crippen molar-refractivity contribution in [1.82, 2.24) is 25.1 Å². The number of para-hydroxylation sites is 1. The maximum absolute atomic E-state index is 13.7. The summed E-state index contributed by atoms with van der Waals surface area (Å²) in [6.07, 6.45) is 4.14. The summed E-state index contributed by atoms with van der Waals surface area (Å²) in [5.74, 6) is 0.383. The maximum atomic E-state index is 13.7. The lowest BCUT2D eigenvalue weighted by Gasteiger charge is -2.29. The number of fused-ring (bicyclic) bond motifs is 1. The Labute approximate surface area is 215 Å². The van der Waals surface area contributed by atoms with Crippen molar-refractivity contribution in [2.45, 2.75) is 38.6 Å². The summed E-state index contributed by atoms with van der Waals surface area (Å²) in [5, 5.41) is 18.8. The normalized spacial score (nSPS) is 16.3. The third-order valence-corrected chi connectivity index (χ3v) is 7.36. The van der Waals surface area contributed by atoms with Gasteiger partial charge in [-0.1, -0.05) is 31.0 Å². The van der Waals surface area contributed by atoms with Gasteiger partial charge in [0.1, 0.15) is 11.2 Å². The Bertz CT molecular complexity index is 1450. The smallest absolute Gasteiger partial charge is 0.276 e. The van der Waals surface area contributed by atoms with Crippen molar-refractivity contribution in [1.29, 1.82) is 0 Å². The van der Waals surface area contributed by atoms with E-state index in [1.54, 1.807) is 6.07 Å². The van der Waals surface area contributed by atoms with Crippen LogP contribution < -0.4 is 26.4 Å². The van der Waals surface area contributed by atoms with Crippen LogP contribution in [0.3, 0.4) is 0 Å². The molecule has 0 amide bonds. The molecule has 9 nitrogen and oxygen atoms in total. The lowest BCUT2D eigenvalue weighted by atomic mass is 10.2. The van der Waals surface area contributed by atoms with Crippen LogP contribution in [0.15, 0.2) is 59.4 Å². The molecule has 0 bridgehead atoms. The first-order valence-electron chi connectivity index (χ1n) is 13.1. The quantitative estimate of drug-likeness (QED) is 0.359. The van der Waals surface area contributed by atoms with Gasteiger partial charge in [0.05, 0.1) is 0 Å². The van der Waals surface area contributed by atoms with Gasteiger partial charge in [-0.2, -0.15) is 4.98 Å². The molecule has 3 N–H and O–H groups in total. The molecule has 1 aliphatic heterocycles. The van der Waals surface area contributed by atoms with Crippen molar-refractivity contribution in [2.24, 2.45) is 0 Å². The fourth-order valence-corrected chi connectivity index (χ4v) is 5.33. The largest absolute Gasteiger partial charge is 0.369 e. The molecular weight excluding hydrogens is 464 g/mol. The topological polar surface area (TPSA) is 100 Å². The summed E-state index contributed by atoms with van der Waals surface area (Å²) in [5.41, 5.74) is 5.65. The van der Waals surface area contributed by atoms with Gasteiger partial charge in [0, 0.05) is 49.3 Å². The fraction of sp³-hybridized carbons (Fsp3) is 0.357. The van der Waals surface area contributed by atoms with Gasteiger partial charge >= 0.3 is 0 Å². The van der Waals surface area contributed by atoms with Crippen LogP contribution in [0.5, 0.6) is 0 Å². The van der Waals surface area contributed by atoms with E-state index in [2.05, 4.69) is 43.2 Å². The molecule has 2 aliphatic rings. The molecule has 4 aromatic rings. The zero-order chi connectivity index (χ0) is 25.2. The Hall–Kier alpha value is -3.98. The Morgan fingerprint density at radius 2 is 1.68 bits per heavy atom. The van der Waals surface area contributed by atoms with Crippen molar-refractivity contribution < 1.29 is 0 Å². The number of anilines is 5. The van der Waals surface area contributed by atoms with Crippen LogP contribution in [0.1, 0.15) is 37.3 Å². The summed E-state index contributed by atoms with van der Waals surface area (Å²) >= 11 is 0. The van der Waals surface area contributed by atoms with Crippen molar-refractivity contribution in [3.05, 3.63) is 70.5 Å². The van der Waals surface area contributed by atoms with E-state index in [0.29, 0.717) is 22.8 Å². The van der Waals surface area contributed by atoms with E-state index < -0.39 is 0 Å². The Balaban J connectivity index is 1.33. The highest BCUT2D eigenvalue weighted by Gasteiger charge is 2.23. The van der Waals surface area contributed by atoms with Crippen LogP contribution in [0.4, 0.5) is 28.7 Å². The fourth-order valence-electron chi connectivity index (χ4n) is 5.33. The third-order valence-electron chi connectivity index (χ3n) is 7.36. The molecule has 1 aliphatic carbocycles. The lowest BCUT2D eigenvalue weighted by Crippen LogP contribution is -2.43. The van der Waals surface area contributed by atoms with Crippen LogP contribution >= 0.6 is 0 Å². The number of benzene rings is 2. The highest BCUT2D eigenvalue weighted by molar-refractivity contribution is 5.78. The highest BCUT2D eigenvalue weighted by Crippen LogP contribution is 2.31. The third kappa shape index (κ3) is 4.86. The van der Waals surface area contributed by atoms with Crippen LogP contribution in [0, 0.1) is 6.92 Å². The summed E-state index contributed by atoms with van der Waals surface area (Å²) < 4.78 is 1.83. The Morgan fingerprint density at radius 1 is 0.919 bits per heavy atom. The second kappa shape index (κ2) is 10.2. The molecule has 2 aromatic heterocycles. The zero-order valence-corrected chi connectivity index (χ0v) is 21.1. The molecule has 0 spiro atoms. The second-order valence-corrected chi connectivity index (χ2v) is 9.86. The second-order valence-electron chi connectivity index (χ2n) is 9.86.